The maximum Gasteiger partial charge on any atom is 0.340 e. The number of pyridine rings is 2. The molecule has 0 spiro atoms. The molecule has 0 radical (unpaired) electrons. The van der Waals surface area contributed by atoms with Crippen molar-refractivity contribution in [2.75, 3.05) is 0 Å². The Morgan fingerprint density at radius 3 is 2.35 bits per heavy atom. The van der Waals surface area contributed by atoms with Crippen LogP contribution in [-0.2, 0) is 0 Å². The maximum absolute atomic E-state index is 11.1. The summed E-state index contributed by atoms with van der Waals surface area (Å²) in [6.45, 7) is 0. The van der Waals surface area contributed by atoms with Gasteiger partial charge in [0.2, 0.25) is 0 Å². The number of carboxylic acids is 2. The van der Waals surface area contributed by atoms with Crippen LogP contribution in [-0.4, -0.2) is 32.1 Å². The third kappa shape index (κ3) is 2.80. The second kappa shape index (κ2) is 5.65. The molecule has 2 rings (SSSR count). The highest BCUT2D eigenvalue weighted by Crippen LogP contribution is 2.22. The average molecular weight is 272 g/mol. The Morgan fingerprint density at radius 2 is 1.75 bits per heavy atom. The van der Waals surface area contributed by atoms with Crippen molar-refractivity contribution in [3.8, 4) is 0 Å². The standard InChI is InChI=1S/C12H8N4O4/c17-11(18)7-4-6-14-10(9(7)12(19)20)16-15-8-3-1-2-5-13-8/h1-6H,(H,17,18)(H,19,20). The second-order valence-electron chi connectivity index (χ2n) is 3.56. The van der Waals surface area contributed by atoms with E-state index in [2.05, 4.69) is 20.2 Å². The van der Waals surface area contributed by atoms with E-state index < -0.39 is 23.1 Å². The summed E-state index contributed by atoms with van der Waals surface area (Å²) in [6, 6.07) is 6.02. The van der Waals surface area contributed by atoms with Crippen molar-refractivity contribution < 1.29 is 19.8 Å². The number of nitrogens with zero attached hydrogens (tertiary/aromatic N) is 4. The van der Waals surface area contributed by atoms with Crippen molar-refractivity contribution in [1.82, 2.24) is 9.97 Å². The lowest BCUT2D eigenvalue weighted by molar-refractivity contribution is 0.0651. The molecule has 0 unspecified atom stereocenters. The molecule has 0 atom stereocenters. The van der Waals surface area contributed by atoms with Gasteiger partial charge in [-0.25, -0.2) is 19.6 Å². The van der Waals surface area contributed by atoms with Crippen LogP contribution in [0.25, 0.3) is 0 Å². The van der Waals surface area contributed by atoms with Gasteiger partial charge < -0.3 is 10.2 Å². The number of carbonyl (C=O) groups is 2. The molecular weight excluding hydrogens is 264 g/mol. The molecule has 0 bridgehead atoms. The maximum atomic E-state index is 11.1. The van der Waals surface area contributed by atoms with E-state index in [1.807, 2.05) is 0 Å². The molecule has 100 valence electrons. The molecule has 20 heavy (non-hydrogen) atoms. The largest absolute Gasteiger partial charge is 0.478 e. The van der Waals surface area contributed by atoms with Gasteiger partial charge in [-0.05, 0) is 18.2 Å². The molecule has 0 saturated carbocycles. The normalized spacial score (nSPS) is 10.6. The first-order valence-corrected chi connectivity index (χ1v) is 5.38. The summed E-state index contributed by atoms with van der Waals surface area (Å²) in [5, 5.41) is 25.4. The minimum absolute atomic E-state index is 0.256. The van der Waals surface area contributed by atoms with Crippen molar-refractivity contribution in [2.45, 2.75) is 0 Å². The zero-order valence-electron chi connectivity index (χ0n) is 9.96. The van der Waals surface area contributed by atoms with Gasteiger partial charge >= 0.3 is 11.9 Å². The molecule has 0 aromatic carbocycles. The number of aromatic nitrogens is 2. The third-order valence-corrected chi connectivity index (χ3v) is 2.27. The van der Waals surface area contributed by atoms with Crippen molar-refractivity contribution in [2.24, 2.45) is 10.2 Å². The molecule has 2 aromatic heterocycles. The van der Waals surface area contributed by atoms with Crippen LogP contribution in [0.1, 0.15) is 20.7 Å². The van der Waals surface area contributed by atoms with E-state index in [4.69, 9.17) is 10.2 Å². The molecular formula is C12H8N4O4. The number of hydrogen-bond donors (Lipinski definition) is 2. The van der Waals surface area contributed by atoms with Gasteiger partial charge in [-0.2, -0.15) is 0 Å². The molecule has 0 saturated heterocycles. The van der Waals surface area contributed by atoms with E-state index in [-0.39, 0.29) is 11.6 Å². The fraction of sp³-hybridized carbons (Fsp3) is 0. The van der Waals surface area contributed by atoms with Crippen molar-refractivity contribution in [1.29, 1.82) is 0 Å². The molecule has 2 N–H and O–H groups in total. The predicted octanol–water partition coefficient (Wildman–Crippen LogP) is 2.29. The van der Waals surface area contributed by atoms with Crippen molar-refractivity contribution in [3.05, 3.63) is 47.8 Å². The number of azo groups is 1. The third-order valence-electron chi connectivity index (χ3n) is 2.27. The summed E-state index contributed by atoms with van der Waals surface area (Å²) in [7, 11) is 0. The first kappa shape index (κ1) is 13.3. The minimum atomic E-state index is -1.44. The van der Waals surface area contributed by atoms with Gasteiger partial charge in [-0.1, -0.05) is 6.07 Å². The SMILES string of the molecule is O=C(O)c1ccnc(N=Nc2ccccn2)c1C(=O)O. The van der Waals surface area contributed by atoms with Crippen LogP contribution in [0.2, 0.25) is 0 Å². The fourth-order valence-electron chi connectivity index (χ4n) is 1.43. The Hall–Kier alpha value is -3.16. The van der Waals surface area contributed by atoms with Gasteiger partial charge in [0.1, 0.15) is 5.56 Å². The minimum Gasteiger partial charge on any atom is -0.478 e. The van der Waals surface area contributed by atoms with Crippen LogP contribution in [0.4, 0.5) is 11.6 Å². The highest BCUT2D eigenvalue weighted by molar-refractivity contribution is 6.04. The number of rotatable bonds is 4. The van der Waals surface area contributed by atoms with Gasteiger partial charge in [0.15, 0.2) is 11.6 Å². The Kier molecular flexibility index (Phi) is 3.75. The van der Waals surface area contributed by atoms with E-state index in [0.29, 0.717) is 0 Å². The van der Waals surface area contributed by atoms with Crippen LogP contribution in [0.5, 0.6) is 0 Å². The summed E-state index contributed by atoms with van der Waals surface area (Å²) in [5.74, 6) is -2.85. The average Bonchev–Trinajstić information content (AvgIpc) is 2.45. The van der Waals surface area contributed by atoms with E-state index in [9.17, 15) is 9.59 Å². The van der Waals surface area contributed by atoms with Crippen LogP contribution in [0.3, 0.4) is 0 Å². The number of aromatic carboxylic acids is 2. The second-order valence-corrected chi connectivity index (χ2v) is 3.56. The van der Waals surface area contributed by atoms with Gasteiger partial charge in [0, 0.05) is 12.4 Å². The quantitative estimate of drug-likeness (QED) is 0.822. The Morgan fingerprint density at radius 1 is 0.950 bits per heavy atom. The molecule has 0 amide bonds. The molecule has 2 heterocycles. The van der Waals surface area contributed by atoms with Crippen LogP contribution < -0.4 is 0 Å². The summed E-state index contributed by atoms with van der Waals surface area (Å²) in [6.07, 6.45) is 2.65. The lowest BCUT2D eigenvalue weighted by atomic mass is 10.1. The van der Waals surface area contributed by atoms with E-state index in [1.165, 1.54) is 6.20 Å². The van der Waals surface area contributed by atoms with Gasteiger partial charge in [-0.3, -0.25) is 0 Å². The number of hydrogen-bond acceptors (Lipinski definition) is 6. The summed E-state index contributed by atoms with van der Waals surface area (Å²) in [4.78, 5) is 29.7. The van der Waals surface area contributed by atoms with E-state index in [0.717, 1.165) is 12.3 Å². The summed E-state index contributed by atoms with van der Waals surface area (Å²) in [5.41, 5.74) is -0.915. The fourth-order valence-corrected chi connectivity index (χ4v) is 1.43. The molecule has 0 aliphatic rings. The first-order chi connectivity index (χ1) is 9.59. The highest BCUT2D eigenvalue weighted by atomic mass is 16.4. The Labute approximate surface area is 112 Å². The lowest BCUT2D eigenvalue weighted by Crippen LogP contribution is -2.08. The molecule has 8 heteroatoms. The first-order valence-electron chi connectivity index (χ1n) is 5.38. The van der Waals surface area contributed by atoms with E-state index in [1.54, 1.807) is 18.2 Å². The molecule has 8 nitrogen and oxygen atoms in total. The van der Waals surface area contributed by atoms with Crippen molar-refractivity contribution >= 4 is 23.6 Å². The monoisotopic (exact) mass is 272 g/mol. The van der Waals surface area contributed by atoms with Crippen LogP contribution in [0.15, 0.2) is 46.9 Å². The molecule has 2 aromatic rings. The van der Waals surface area contributed by atoms with Gasteiger partial charge in [0.25, 0.3) is 0 Å². The number of carboxylic acid groups (broad SMARTS) is 2. The Balaban J connectivity index is 2.47. The molecule has 0 aliphatic carbocycles. The molecule has 0 fully saturated rings. The van der Waals surface area contributed by atoms with Crippen LogP contribution in [0, 0.1) is 0 Å². The summed E-state index contributed by atoms with van der Waals surface area (Å²) >= 11 is 0. The zero-order valence-corrected chi connectivity index (χ0v) is 9.96. The summed E-state index contributed by atoms with van der Waals surface area (Å²) < 4.78 is 0. The lowest BCUT2D eigenvalue weighted by Gasteiger charge is -2.02. The smallest absolute Gasteiger partial charge is 0.340 e. The Bertz CT molecular complexity index is 685. The topological polar surface area (TPSA) is 125 Å². The highest BCUT2D eigenvalue weighted by Gasteiger charge is 2.21. The van der Waals surface area contributed by atoms with Gasteiger partial charge in [-0.15, -0.1) is 10.2 Å². The zero-order chi connectivity index (χ0) is 14.5. The van der Waals surface area contributed by atoms with Crippen LogP contribution >= 0.6 is 0 Å². The van der Waals surface area contributed by atoms with Crippen molar-refractivity contribution in [3.63, 3.8) is 0 Å². The predicted molar refractivity (Wildman–Crippen MR) is 66.6 cm³/mol. The molecule has 0 aliphatic heterocycles. The van der Waals surface area contributed by atoms with E-state index >= 15 is 0 Å². The van der Waals surface area contributed by atoms with Gasteiger partial charge in [0.05, 0.1) is 5.56 Å².